The number of likely N-dealkylation sites (tertiary alicyclic amines) is 2. The number of hydrogen-bond donors (Lipinski definition) is 2. The average molecular weight is 699 g/mol. The molecule has 4 aliphatic heterocycles. The summed E-state index contributed by atoms with van der Waals surface area (Å²) >= 11 is 0. The van der Waals surface area contributed by atoms with Gasteiger partial charge in [-0.3, -0.25) is 9.97 Å². The molecular weight excluding hydrogens is 640 g/mol. The summed E-state index contributed by atoms with van der Waals surface area (Å²) in [5.74, 6) is -0.00710. The lowest BCUT2D eigenvalue weighted by Crippen LogP contribution is -2.55. The molecule has 12 nitrogen and oxygen atoms in total. The SMILES string of the molecule is C1CCOC1.CC(C)(C)OC(=O)N1CCC(CO)(c2ccccn2)C(CO)C1.CC(C)(C)OC(=O)N1CCC2(c3ccccn3)COCC2C1. The molecule has 4 aliphatic rings. The first-order chi connectivity index (χ1) is 23.7. The summed E-state index contributed by atoms with van der Waals surface area (Å²) in [5.41, 5.74) is 0.137. The van der Waals surface area contributed by atoms with Gasteiger partial charge in [-0.15, -0.1) is 0 Å². The number of pyridine rings is 2. The van der Waals surface area contributed by atoms with Crippen molar-refractivity contribution in [2.24, 2.45) is 11.8 Å². The first-order valence-corrected chi connectivity index (χ1v) is 17.9. The minimum absolute atomic E-state index is 0.0558. The van der Waals surface area contributed by atoms with Gasteiger partial charge in [-0.05, 0) is 91.5 Å². The molecule has 4 unspecified atom stereocenters. The largest absolute Gasteiger partial charge is 0.444 e. The number of amides is 2. The molecule has 2 amide bonds. The molecule has 50 heavy (non-hydrogen) atoms. The van der Waals surface area contributed by atoms with E-state index in [4.69, 9.17) is 18.9 Å². The van der Waals surface area contributed by atoms with E-state index >= 15 is 0 Å². The van der Waals surface area contributed by atoms with Crippen molar-refractivity contribution in [3.05, 3.63) is 60.2 Å². The van der Waals surface area contributed by atoms with Crippen molar-refractivity contribution in [3.8, 4) is 0 Å². The number of carbonyl (C=O) groups excluding carboxylic acids is 2. The number of aromatic nitrogens is 2. The second kappa shape index (κ2) is 17.3. The van der Waals surface area contributed by atoms with Crippen LogP contribution in [0.4, 0.5) is 9.59 Å². The van der Waals surface area contributed by atoms with Crippen molar-refractivity contribution < 1.29 is 38.7 Å². The molecule has 4 fully saturated rings. The zero-order valence-electron chi connectivity index (χ0n) is 30.8. The number of fused-ring (bicyclic) bond motifs is 1. The lowest BCUT2D eigenvalue weighted by molar-refractivity contribution is -0.0151. The van der Waals surface area contributed by atoms with Gasteiger partial charge >= 0.3 is 12.2 Å². The van der Waals surface area contributed by atoms with E-state index in [0.29, 0.717) is 45.8 Å². The third-order valence-electron chi connectivity index (χ3n) is 9.76. The Bertz CT molecular complexity index is 1340. The highest BCUT2D eigenvalue weighted by molar-refractivity contribution is 5.69. The van der Waals surface area contributed by atoms with Crippen molar-refractivity contribution in [2.75, 3.05) is 65.8 Å². The number of hydrogen-bond acceptors (Lipinski definition) is 10. The van der Waals surface area contributed by atoms with Crippen molar-refractivity contribution >= 4 is 12.2 Å². The number of aliphatic hydroxyl groups excluding tert-OH is 2. The first kappa shape index (κ1) is 39.5. The van der Waals surface area contributed by atoms with E-state index in [-0.39, 0.29) is 42.7 Å². The predicted octanol–water partition coefficient (Wildman–Crippen LogP) is 4.96. The number of carbonyl (C=O) groups is 2. The van der Waals surface area contributed by atoms with Crippen LogP contribution in [0.5, 0.6) is 0 Å². The van der Waals surface area contributed by atoms with Crippen LogP contribution in [0, 0.1) is 11.8 Å². The molecule has 0 radical (unpaired) electrons. The van der Waals surface area contributed by atoms with E-state index in [0.717, 1.165) is 31.0 Å². The molecule has 0 saturated carbocycles. The van der Waals surface area contributed by atoms with Gasteiger partial charge in [0.1, 0.15) is 11.2 Å². The minimum Gasteiger partial charge on any atom is -0.444 e. The van der Waals surface area contributed by atoms with Gasteiger partial charge in [0.2, 0.25) is 0 Å². The van der Waals surface area contributed by atoms with Crippen LogP contribution in [0.1, 0.15) is 78.6 Å². The van der Waals surface area contributed by atoms with Gasteiger partial charge in [-0.2, -0.15) is 0 Å². The highest BCUT2D eigenvalue weighted by atomic mass is 16.6. The Morgan fingerprint density at radius 1 is 0.820 bits per heavy atom. The van der Waals surface area contributed by atoms with E-state index in [1.165, 1.54) is 12.8 Å². The zero-order valence-corrected chi connectivity index (χ0v) is 30.8. The summed E-state index contributed by atoms with van der Waals surface area (Å²) in [5, 5.41) is 19.9. The lowest BCUT2D eigenvalue weighted by Gasteiger charge is -2.46. The van der Waals surface area contributed by atoms with Gasteiger partial charge in [0.15, 0.2) is 0 Å². The molecule has 2 aromatic heterocycles. The Balaban J connectivity index is 0.000000197. The van der Waals surface area contributed by atoms with Gasteiger partial charge in [0, 0.05) is 92.4 Å². The summed E-state index contributed by atoms with van der Waals surface area (Å²) in [6.07, 6.45) is 6.86. The normalized spacial score (nSPS) is 26.5. The van der Waals surface area contributed by atoms with E-state index in [9.17, 15) is 19.8 Å². The maximum atomic E-state index is 12.3. The number of rotatable bonds is 4. The zero-order chi connectivity index (χ0) is 36.4. The minimum atomic E-state index is -0.630. The molecule has 278 valence electrons. The lowest BCUT2D eigenvalue weighted by atomic mass is 9.68. The Morgan fingerprint density at radius 2 is 1.38 bits per heavy atom. The van der Waals surface area contributed by atoms with Gasteiger partial charge in [-0.1, -0.05) is 12.1 Å². The highest BCUT2D eigenvalue weighted by Crippen LogP contribution is 2.43. The van der Waals surface area contributed by atoms with Crippen molar-refractivity contribution in [1.29, 1.82) is 0 Å². The molecule has 12 heteroatoms. The van der Waals surface area contributed by atoms with Crippen LogP contribution in [-0.4, -0.2) is 119 Å². The summed E-state index contributed by atoms with van der Waals surface area (Å²) in [4.78, 5) is 36.9. The molecule has 2 aromatic rings. The molecule has 2 N–H and O–H groups in total. The third-order valence-corrected chi connectivity index (χ3v) is 9.76. The molecule has 6 rings (SSSR count). The van der Waals surface area contributed by atoms with Crippen molar-refractivity contribution in [2.45, 2.75) is 89.3 Å². The number of nitrogens with zero attached hydrogens (tertiary/aromatic N) is 4. The Labute approximate surface area is 297 Å². The fourth-order valence-corrected chi connectivity index (χ4v) is 7.01. The van der Waals surface area contributed by atoms with Crippen LogP contribution in [0.2, 0.25) is 0 Å². The van der Waals surface area contributed by atoms with Gasteiger partial charge in [0.25, 0.3) is 0 Å². The van der Waals surface area contributed by atoms with Crippen LogP contribution in [-0.2, 0) is 29.8 Å². The van der Waals surface area contributed by atoms with Crippen molar-refractivity contribution in [1.82, 2.24) is 19.8 Å². The monoisotopic (exact) mass is 698 g/mol. The second-order valence-electron chi connectivity index (χ2n) is 15.7. The molecule has 4 atom stereocenters. The summed E-state index contributed by atoms with van der Waals surface area (Å²) < 4.78 is 21.6. The van der Waals surface area contributed by atoms with Gasteiger partial charge < -0.3 is 39.0 Å². The fraction of sp³-hybridized carbons (Fsp3) is 0.684. The molecule has 0 spiro atoms. The number of piperidine rings is 2. The van der Waals surface area contributed by atoms with Crippen LogP contribution in [0.25, 0.3) is 0 Å². The quantitative estimate of drug-likeness (QED) is 0.450. The number of ether oxygens (including phenoxy) is 4. The summed E-state index contributed by atoms with van der Waals surface area (Å²) in [7, 11) is 0. The first-order valence-electron chi connectivity index (χ1n) is 17.9. The highest BCUT2D eigenvalue weighted by Gasteiger charge is 2.51. The molecule has 4 saturated heterocycles. The Morgan fingerprint density at radius 3 is 1.86 bits per heavy atom. The fourth-order valence-electron chi connectivity index (χ4n) is 7.01. The standard InChI is InChI=1S/C17H26N2O4.C17H24N2O3.C4H8O/c1-16(2,3)23-15(22)19-9-7-17(12-21,13(10-19)11-20)14-6-4-5-8-18-14;1-16(2,3)22-15(20)19-9-7-17(12-21-11-13(17)10-19)14-6-4-5-8-18-14;1-2-4-5-3-1/h4-6,8,13,20-21H,7,9-12H2,1-3H3;4-6,8,13H,7,9-12H2,1-3H3;1-4H2. The average Bonchev–Trinajstić information content (AvgIpc) is 3.82. The molecular formula is C38H58N4O8. The predicted molar refractivity (Wildman–Crippen MR) is 189 cm³/mol. The molecule has 6 heterocycles. The van der Waals surface area contributed by atoms with E-state index in [2.05, 4.69) is 16.0 Å². The van der Waals surface area contributed by atoms with Crippen LogP contribution >= 0.6 is 0 Å². The Kier molecular flexibility index (Phi) is 13.6. The molecule has 0 aromatic carbocycles. The third kappa shape index (κ3) is 10.1. The summed E-state index contributed by atoms with van der Waals surface area (Å²) in [6.45, 7) is 16.4. The van der Waals surface area contributed by atoms with E-state index < -0.39 is 16.6 Å². The van der Waals surface area contributed by atoms with Crippen LogP contribution < -0.4 is 0 Å². The topological polar surface area (TPSA) is 144 Å². The molecule has 0 bridgehead atoms. The maximum Gasteiger partial charge on any atom is 0.410 e. The second-order valence-corrected chi connectivity index (χ2v) is 15.7. The van der Waals surface area contributed by atoms with E-state index in [1.54, 1.807) is 11.1 Å². The van der Waals surface area contributed by atoms with Crippen LogP contribution in [0.3, 0.4) is 0 Å². The Hall–Kier alpha value is -3.32. The number of aliphatic hydroxyl groups is 2. The van der Waals surface area contributed by atoms with Gasteiger partial charge in [0.05, 0.1) is 19.8 Å². The smallest absolute Gasteiger partial charge is 0.410 e. The summed E-state index contributed by atoms with van der Waals surface area (Å²) in [6, 6.07) is 11.6. The molecule has 0 aliphatic carbocycles. The van der Waals surface area contributed by atoms with Gasteiger partial charge in [-0.25, -0.2) is 9.59 Å². The maximum absolute atomic E-state index is 12.3. The van der Waals surface area contributed by atoms with Crippen molar-refractivity contribution in [3.63, 3.8) is 0 Å². The van der Waals surface area contributed by atoms with Crippen LogP contribution in [0.15, 0.2) is 48.8 Å². The van der Waals surface area contributed by atoms with E-state index in [1.807, 2.05) is 83.0 Å².